The second kappa shape index (κ2) is 15.5. The average molecular weight is 838 g/mol. The normalized spacial score (nSPS) is 12.3. The zero-order chi connectivity index (χ0) is 45.2. The van der Waals surface area contributed by atoms with E-state index in [-0.39, 0.29) is 0 Å². The first-order valence-electron chi connectivity index (χ1n) is 22.9. The first kappa shape index (κ1) is 41.5. The Morgan fingerprint density at radius 3 is 1.35 bits per heavy atom. The highest BCUT2D eigenvalue weighted by Crippen LogP contribution is 2.57. The van der Waals surface area contributed by atoms with Crippen LogP contribution in [0.2, 0.25) is 0 Å². The molecule has 10 aromatic rings. The van der Waals surface area contributed by atoms with Gasteiger partial charge in [0.1, 0.15) is 84.2 Å². The van der Waals surface area contributed by atoms with Crippen molar-refractivity contribution in [1.82, 2.24) is 0 Å². The number of anilines is 3. The third-order valence-corrected chi connectivity index (χ3v) is 16.6. The summed E-state index contributed by atoms with van der Waals surface area (Å²) in [6.07, 6.45) is 0. The van der Waals surface area contributed by atoms with E-state index in [1.807, 2.05) is 0 Å². The number of nitrogens with zero attached hydrogens (tertiary/aromatic N) is 1. The van der Waals surface area contributed by atoms with Crippen LogP contribution in [0.5, 0.6) is 5.75 Å². The number of rotatable bonds is 4. The zero-order valence-corrected chi connectivity index (χ0v) is 39.8. The van der Waals surface area contributed by atoms with Crippen LogP contribution in [-0.2, 0) is 0 Å². The maximum Gasteiger partial charge on any atom is 0.141 e. The van der Waals surface area contributed by atoms with Crippen LogP contribution in [0.25, 0.3) is 76.5 Å². The quantitative estimate of drug-likeness (QED) is 0.157. The van der Waals surface area contributed by atoms with Gasteiger partial charge in [-0.3, -0.25) is 0 Å². The summed E-state index contributed by atoms with van der Waals surface area (Å²) in [4.78, 5) is 4.59. The van der Waals surface area contributed by atoms with E-state index in [2.05, 4.69) is 217 Å². The molecule has 1 heterocycles. The Morgan fingerprint density at radius 1 is 0.338 bits per heavy atom. The molecule has 11 rings (SSSR count). The predicted octanol–water partition coefficient (Wildman–Crippen LogP) is -2.48. The fourth-order valence-corrected chi connectivity index (χ4v) is 12.7. The smallest absolute Gasteiger partial charge is 0.141 e. The molecule has 65 heavy (non-hydrogen) atoms. The van der Waals surface area contributed by atoms with Gasteiger partial charge in [0.2, 0.25) is 0 Å². The second-order valence-corrected chi connectivity index (χ2v) is 19.4. The van der Waals surface area contributed by atoms with Crippen molar-refractivity contribution in [3.05, 3.63) is 133 Å². The van der Waals surface area contributed by atoms with Gasteiger partial charge in [-0.15, -0.1) is 16.4 Å². The lowest BCUT2D eigenvalue weighted by atomic mass is 9.57. The molecule has 1 N–H and O–H groups in total. The minimum Gasteiger partial charge on any atom is -0.506 e. The van der Waals surface area contributed by atoms with Gasteiger partial charge in [0.05, 0.1) is 22.0 Å². The van der Waals surface area contributed by atoms with E-state index < -0.39 is 0 Å². The maximum atomic E-state index is 13.6. The summed E-state index contributed by atoms with van der Waals surface area (Å²) in [5.74, 6) is 0.319. The topological polar surface area (TPSA) is 23.5 Å². The first-order chi connectivity index (χ1) is 31.4. The minimum absolute atomic E-state index is 0.319. The van der Waals surface area contributed by atoms with Gasteiger partial charge in [0.25, 0.3) is 0 Å². The van der Waals surface area contributed by atoms with Gasteiger partial charge in [-0.05, 0) is 66.0 Å². The molecule has 10 aromatic carbocycles. The molecule has 0 spiro atoms. The van der Waals surface area contributed by atoms with Crippen molar-refractivity contribution >= 4 is 205 Å². The predicted molar refractivity (Wildman–Crippen MR) is 315 cm³/mol. The lowest BCUT2D eigenvalue weighted by molar-refractivity contribution is 0.465. The van der Waals surface area contributed by atoms with E-state index in [1.54, 1.807) is 11.8 Å². The van der Waals surface area contributed by atoms with Crippen LogP contribution in [0.1, 0.15) is 0 Å². The van der Waals surface area contributed by atoms with Crippen molar-refractivity contribution in [2.45, 2.75) is 9.79 Å². The summed E-state index contributed by atoms with van der Waals surface area (Å²) in [6.45, 7) is 0. The van der Waals surface area contributed by atoms with E-state index in [0.717, 1.165) is 54.8 Å². The van der Waals surface area contributed by atoms with Crippen LogP contribution in [0.15, 0.2) is 143 Å². The molecule has 298 valence electrons. The molecule has 0 aliphatic carbocycles. The highest BCUT2D eigenvalue weighted by Gasteiger charge is 2.37. The Morgan fingerprint density at radius 2 is 0.754 bits per heavy atom. The third-order valence-electron chi connectivity index (χ3n) is 15.3. The fourth-order valence-electron chi connectivity index (χ4n) is 11.3. The van der Waals surface area contributed by atoms with Crippen LogP contribution >= 0.6 is 11.8 Å². The Balaban J connectivity index is 1.31. The van der Waals surface area contributed by atoms with E-state index in [4.69, 9.17) is 0 Å². The van der Waals surface area contributed by atoms with Crippen molar-refractivity contribution < 1.29 is 5.11 Å². The number of aromatic hydroxyl groups is 1. The van der Waals surface area contributed by atoms with Gasteiger partial charge in [-0.2, -0.15) is 0 Å². The van der Waals surface area contributed by atoms with Crippen LogP contribution in [0.4, 0.5) is 17.1 Å². The number of phenolic OH excluding ortho intramolecular Hbond substituents is 1. The lowest BCUT2D eigenvalue weighted by Crippen LogP contribution is -2.56. The lowest BCUT2D eigenvalue weighted by Gasteiger charge is -2.40. The molecule has 0 unspecified atom stereocenters. The molecule has 0 saturated carbocycles. The first-order valence-corrected chi connectivity index (χ1v) is 23.7. The summed E-state index contributed by atoms with van der Waals surface area (Å²) in [5, 5.41) is 23.1. The SMILES string of the molecule is Bc1c(B)c(B)c(-c2c(B)c(B)c3c(c2B)Sc2c(O)c(-c4c(-c5ccccc5)c5ccccc5c5ccccc45)c(B)c(B)c2N3c2cc3ccccc3c3ccccc23)c(B)c1B. The van der Waals surface area contributed by atoms with Crippen LogP contribution in [-0.4, -0.2) is 83.6 Å². The number of fused-ring (bicyclic) bond motifs is 8. The number of hydrogen-bond acceptors (Lipinski definition) is 3. The van der Waals surface area contributed by atoms with E-state index in [9.17, 15) is 5.11 Å². The third kappa shape index (κ3) is 5.97. The summed E-state index contributed by atoms with van der Waals surface area (Å²) < 4.78 is 0. The summed E-state index contributed by atoms with van der Waals surface area (Å²) in [5.41, 5.74) is 22.9. The molecule has 0 aromatic heterocycles. The van der Waals surface area contributed by atoms with Crippen LogP contribution in [0.3, 0.4) is 0 Å². The van der Waals surface area contributed by atoms with Gasteiger partial charge < -0.3 is 10.0 Å². The second-order valence-electron chi connectivity index (χ2n) is 18.4. The van der Waals surface area contributed by atoms with Crippen molar-refractivity contribution in [3.63, 3.8) is 0 Å². The molecule has 0 bridgehead atoms. The highest BCUT2D eigenvalue weighted by atomic mass is 32.2. The summed E-state index contributed by atoms with van der Waals surface area (Å²) >= 11 is 1.75. The number of hydrogen-bond donors (Lipinski definition) is 1. The minimum atomic E-state index is 0.319. The van der Waals surface area contributed by atoms with Crippen LogP contribution in [0, 0.1) is 0 Å². The standard InChI is InChI=1S/C52H43B10NOS/c53-38-35(39(54)44(59)45(60)43(38)58)36-40(55)46(61)48-51(42(36)57)65-52-49(63(48)32-22-24-14-4-5-15-25(24)26-16-6-9-19-29(26)32)47(62)41(56)37(50(52)64)34-31-21-11-8-18-28(31)27-17-7-10-20-30(27)33(34)23-12-2-1-3-13-23/h1-22,64H,53-62H2. The molecule has 1 aliphatic heterocycles. The molecular weight excluding hydrogens is 795 g/mol. The average Bonchev–Trinajstić information content (AvgIpc) is 3.34. The summed E-state index contributed by atoms with van der Waals surface area (Å²) in [6, 6.07) is 48.3. The van der Waals surface area contributed by atoms with Gasteiger partial charge in [0.15, 0.2) is 0 Å². The van der Waals surface area contributed by atoms with Crippen LogP contribution < -0.4 is 59.5 Å². The Kier molecular flexibility index (Phi) is 9.90. The molecule has 1 aliphatic rings. The molecule has 2 nitrogen and oxygen atoms in total. The zero-order valence-electron chi connectivity index (χ0n) is 39.0. The largest absolute Gasteiger partial charge is 0.506 e. The Labute approximate surface area is 395 Å². The highest BCUT2D eigenvalue weighted by molar-refractivity contribution is 8.00. The molecule has 0 amide bonds. The molecule has 0 fully saturated rings. The van der Waals surface area contributed by atoms with Crippen molar-refractivity contribution in [2.75, 3.05) is 4.90 Å². The Hall–Kier alpha value is -6.16. The van der Waals surface area contributed by atoms with Crippen molar-refractivity contribution in [1.29, 1.82) is 0 Å². The van der Waals surface area contributed by atoms with Crippen molar-refractivity contribution in [3.8, 4) is 39.1 Å². The number of benzene rings is 10. The molecule has 0 saturated heterocycles. The van der Waals surface area contributed by atoms with Gasteiger partial charge in [-0.1, -0.05) is 177 Å². The van der Waals surface area contributed by atoms with E-state index >= 15 is 0 Å². The van der Waals surface area contributed by atoms with Crippen molar-refractivity contribution in [2.24, 2.45) is 0 Å². The molecule has 0 atom stereocenters. The van der Waals surface area contributed by atoms with E-state index in [0.29, 0.717) is 5.75 Å². The maximum absolute atomic E-state index is 13.6. The van der Waals surface area contributed by atoms with Gasteiger partial charge in [-0.25, -0.2) is 0 Å². The molecule has 13 heteroatoms. The van der Waals surface area contributed by atoms with E-state index in [1.165, 1.54) is 103 Å². The number of phenols is 1. The Bertz CT molecular complexity index is 3700. The monoisotopic (exact) mass is 839 g/mol. The molecular formula is C52H43B10NOS. The summed E-state index contributed by atoms with van der Waals surface area (Å²) in [7, 11) is 22.9. The fraction of sp³-hybridized carbons (Fsp3) is 0. The molecule has 0 radical (unpaired) electrons. The van der Waals surface area contributed by atoms with Gasteiger partial charge in [0, 0.05) is 21.4 Å². The van der Waals surface area contributed by atoms with Gasteiger partial charge >= 0.3 is 0 Å².